The lowest BCUT2D eigenvalue weighted by atomic mass is 10.4. The molecule has 0 saturated carbocycles. The van der Waals surface area contributed by atoms with Crippen LogP contribution >= 0.6 is 11.8 Å². The summed E-state index contributed by atoms with van der Waals surface area (Å²) in [5.41, 5.74) is 0. The number of carbonyl (C=O) groups excluding carboxylic acids is 3. The molecule has 0 aromatic carbocycles. The maximum atomic E-state index is 10.7. The maximum Gasteiger partial charge on any atom is 0.246 e. The Bertz CT molecular complexity index is 191. The predicted octanol–water partition coefficient (Wildman–Crippen LogP) is -1.06. The van der Waals surface area contributed by atoms with Crippen LogP contribution in [0.1, 0.15) is 0 Å². The second-order valence-electron chi connectivity index (χ2n) is 1.78. The topological polar surface area (TPSA) is 63.2 Å². The predicted molar refractivity (Wildman–Crippen MR) is 35.5 cm³/mol. The van der Waals surface area contributed by atoms with E-state index in [1.54, 1.807) is 0 Å². The van der Waals surface area contributed by atoms with Crippen molar-refractivity contribution in [2.45, 2.75) is 5.25 Å². The summed E-state index contributed by atoms with van der Waals surface area (Å²) in [5, 5.41) is 1.35. The molecule has 0 aliphatic carbocycles. The minimum absolute atomic E-state index is 0.190. The Morgan fingerprint density at radius 1 is 1.60 bits per heavy atom. The molecule has 1 heterocycles. The molecule has 0 radical (unpaired) electrons. The van der Waals surface area contributed by atoms with Crippen molar-refractivity contribution >= 4 is 29.9 Å². The summed E-state index contributed by atoms with van der Waals surface area (Å²) in [6, 6.07) is 0. The fourth-order valence-electron chi connectivity index (χ4n) is 0.587. The molecule has 0 aromatic heterocycles. The first-order chi connectivity index (χ1) is 4.74. The van der Waals surface area contributed by atoms with Crippen LogP contribution < -0.4 is 5.32 Å². The van der Waals surface area contributed by atoms with Gasteiger partial charge in [0.05, 0.1) is 5.75 Å². The molecule has 1 unspecified atom stereocenters. The normalized spacial score (nSPS) is 25.8. The number of rotatable bonds is 1. The highest BCUT2D eigenvalue weighted by Gasteiger charge is 2.26. The van der Waals surface area contributed by atoms with Gasteiger partial charge in [0.1, 0.15) is 11.5 Å². The first kappa shape index (κ1) is 7.27. The zero-order chi connectivity index (χ0) is 7.56. The van der Waals surface area contributed by atoms with E-state index >= 15 is 0 Å². The summed E-state index contributed by atoms with van der Waals surface area (Å²) in [5.74, 6) is -0.640. The smallest absolute Gasteiger partial charge is 0.246 e. The fraction of sp³-hybridized carbons (Fsp3) is 0.400. The maximum absolute atomic E-state index is 10.7. The quantitative estimate of drug-likeness (QED) is 0.301. The van der Waals surface area contributed by atoms with Gasteiger partial charge >= 0.3 is 0 Å². The van der Waals surface area contributed by atoms with E-state index in [1.165, 1.54) is 0 Å². The van der Waals surface area contributed by atoms with E-state index in [2.05, 4.69) is 5.32 Å². The van der Waals surface area contributed by atoms with Crippen LogP contribution in [0.3, 0.4) is 0 Å². The van der Waals surface area contributed by atoms with Crippen molar-refractivity contribution in [3.05, 3.63) is 0 Å². The molecule has 0 bridgehead atoms. The highest BCUT2D eigenvalue weighted by atomic mass is 32.2. The molecule has 4 nitrogen and oxygen atoms in total. The third-order valence-corrected chi connectivity index (χ3v) is 2.15. The van der Waals surface area contributed by atoms with Crippen LogP contribution in [0.25, 0.3) is 0 Å². The SMILES string of the molecule is O=CC1SCC(=O)NC1=O. The van der Waals surface area contributed by atoms with E-state index in [9.17, 15) is 14.4 Å². The summed E-state index contributed by atoms with van der Waals surface area (Å²) < 4.78 is 0. The van der Waals surface area contributed by atoms with Crippen molar-refractivity contribution in [3.63, 3.8) is 0 Å². The average Bonchev–Trinajstić information content (AvgIpc) is 1.88. The molecule has 0 spiro atoms. The van der Waals surface area contributed by atoms with Crippen LogP contribution in [0.15, 0.2) is 0 Å². The summed E-state index contributed by atoms with van der Waals surface area (Å²) in [6.07, 6.45) is 0.534. The second kappa shape index (κ2) is 2.83. The lowest BCUT2D eigenvalue weighted by Gasteiger charge is -2.14. The number of aldehydes is 1. The van der Waals surface area contributed by atoms with Crippen molar-refractivity contribution in [3.8, 4) is 0 Å². The van der Waals surface area contributed by atoms with Crippen molar-refractivity contribution in [1.29, 1.82) is 0 Å². The molecular formula is C5H5NO3S. The third kappa shape index (κ3) is 1.36. The molecule has 1 fully saturated rings. The van der Waals surface area contributed by atoms with E-state index in [1.807, 2.05) is 0 Å². The first-order valence-corrected chi connectivity index (χ1v) is 3.69. The first-order valence-electron chi connectivity index (χ1n) is 2.64. The molecule has 1 aliphatic rings. The van der Waals surface area contributed by atoms with Crippen molar-refractivity contribution in [1.82, 2.24) is 5.32 Å². The largest absolute Gasteiger partial charge is 0.302 e. The minimum Gasteiger partial charge on any atom is -0.302 e. The average molecular weight is 159 g/mol. The van der Waals surface area contributed by atoms with E-state index in [0.29, 0.717) is 6.29 Å². The second-order valence-corrected chi connectivity index (χ2v) is 2.91. The monoisotopic (exact) mass is 159 g/mol. The Morgan fingerprint density at radius 3 is 2.80 bits per heavy atom. The number of imide groups is 1. The summed E-state index contributed by atoms with van der Waals surface area (Å²) in [7, 11) is 0. The Morgan fingerprint density at radius 2 is 2.30 bits per heavy atom. The molecule has 1 rings (SSSR count). The van der Waals surface area contributed by atoms with Crippen LogP contribution in [0.2, 0.25) is 0 Å². The number of nitrogens with one attached hydrogen (secondary N) is 1. The molecule has 1 aliphatic heterocycles. The van der Waals surface area contributed by atoms with Gasteiger partial charge in [0.15, 0.2) is 0 Å². The lowest BCUT2D eigenvalue weighted by Crippen LogP contribution is -2.44. The molecule has 1 atom stereocenters. The van der Waals surface area contributed by atoms with Gasteiger partial charge in [-0.25, -0.2) is 0 Å². The van der Waals surface area contributed by atoms with Gasteiger partial charge < -0.3 is 4.79 Å². The zero-order valence-electron chi connectivity index (χ0n) is 4.99. The van der Waals surface area contributed by atoms with E-state index in [-0.39, 0.29) is 11.7 Å². The number of hydrogen-bond donors (Lipinski definition) is 1. The molecule has 1 saturated heterocycles. The Kier molecular flexibility index (Phi) is 2.06. The van der Waals surface area contributed by atoms with Gasteiger partial charge in [-0.2, -0.15) is 0 Å². The fourth-order valence-corrected chi connectivity index (χ4v) is 1.28. The molecule has 1 N–H and O–H groups in total. The van der Waals surface area contributed by atoms with Crippen molar-refractivity contribution < 1.29 is 14.4 Å². The Balaban J connectivity index is 2.59. The number of thioether (sulfide) groups is 1. The van der Waals surface area contributed by atoms with Crippen LogP contribution in [0.4, 0.5) is 0 Å². The molecule has 2 amide bonds. The summed E-state index contributed by atoms with van der Waals surface area (Å²) in [4.78, 5) is 31.2. The van der Waals surface area contributed by atoms with Gasteiger partial charge in [0, 0.05) is 0 Å². The summed E-state index contributed by atoms with van der Waals surface area (Å²) in [6.45, 7) is 0. The third-order valence-electron chi connectivity index (χ3n) is 1.04. The van der Waals surface area contributed by atoms with E-state index in [4.69, 9.17) is 0 Å². The number of carbonyl (C=O) groups is 3. The van der Waals surface area contributed by atoms with Gasteiger partial charge in [-0.05, 0) is 0 Å². The van der Waals surface area contributed by atoms with E-state index < -0.39 is 11.2 Å². The van der Waals surface area contributed by atoms with Gasteiger partial charge in [0.25, 0.3) is 0 Å². The molecule has 0 aromatic rings. The van der Waals surface area contributed by atoms with Crippen LogP contribution in [0.5, 0.6) is 0 Å². The van der Waals surface area contributed by atoms with Gasteiger partial charge in [-0.1, -0.05) is 0 Å². The van der Waals surface area contributed by atoms with Crippen molar-refractivity contribution in [2.75, 3.05) is 5.75 Å². The number of hydrogen-bond acceptors (Lipinski definition) is 4. The van der Waals surface area contributed by atoms with Crippen LogP contribution in [-0.4, -0.2) is 29.1 Å². The Labute approximate surface area is 61.4 Å². The van der Waals surface area contributed by atoms with Crippen LogP contribution in [-0.2, 0) is 14.4 Å². The highest BCUT2D eigenvalue weighted by molar-refractivity contribution is 8.02. The standard InChI is InChI=1S/C5H5NO3S/c7-1-3-5(9)6-4(8)2-10-3/h1,3H,2H2,(H,6,8,9). The molecular weight excluding hydrogens is 154 g/mol. The van der Waals surface area contributed by atoms with E-state index in [0.717, 1.165) is 11.8 Å². The highest BCUT2D eigenvalue weighted by Crippen LogP contribution is 2.12. The van der Waals surface area contributed by atoms with Crippen LogP contribution in [0, 0.1) is 0 Å². The summed E-state index contributed by atoms with van der Waals surface area (Å²) >= 11 is 1.05. The van der Waals surface area contributed by atoms with Gasteiger partial charge in [0.2, 0.25) is 11.8 Å². The lowest BCUT2D eigenvalue weighted by molar-refractivity contribution is -0.130. The molecule has 10 heavy (non-hydrogen) atoms. The van der Waals surface area contributed by atoms with Crippen molar-refractivity contribution in [2.24, 2.45) is 0 Å². The Hall–Kier alpha value is -0.840. The molecule has 5 heteroatoms. The van der Waals surface area contributed by atoms with Gasteiger partial charge in [-0.15, -0.1) is 11.8 Å². The zero-order valence-corrected chi connectivity index (χ0v) is 5.81. The number of amides is 2. The van der Waals surface area contributed by atoms with Gasteiger partial charge in [-0.3, -0.25) is 14.9 Å². The molecule has 54 valence electrons. The minimum atomic E-state index is -0.697.